The average molecular weight is 176 g/mol. The lowest BCUT2D eigenvalue weighted by Gasteiger charge is -1.92. The summed E-state index contributed by atoms with van der Waals surface area (Å²) in [4.78, 5) is 19.7. The molecule has 7 N–H and O–H groups in total. The van der Waals surface area contributed by atoms with Crippen LogP contribution in [0.3, 0.4) is 0 Å². The summed E-state index contributed by atoms with van der Waals surface area (Å²) in [6.45, 7) is 2.46. The first-order valence-electron chi connectivity index (χ1n) is 3.42. The Bertz CT molecular complexity index is 146. The number of amides is 2. The Labute approximate surface area is 71.5 Å². The second kappa shape index (κ2) is 7.96. The van der Waals surface area contributed by atoms with E-state index in [1.54, 1.807) is 0 Å². The Morgan fingerprint density at radius 2 is 1.83 bits per heavy atom. The molecular weight excluding hydrogens is 160 g/mol. The van der Waals surface area contributed by atoms with Crippen LogP contribution in [-0.2, 0) is 9.59 Å². The zero-order valence-electron chi connectivity index (χ0n) is 7.33. The van der Waals surface area contributed by atoms with Gasteiger partial charge < -0.3 is 22.5 Å². The number of carbonyl (C=O) groups excluding carboxylic acids is 2. The fraction of sp³-hybridized carbons (Fsp3) is 0.667. The van der Waals surface area contributed by atoms with Gasteiger partial charge in [0.1, 0.15) is 0 Å². The van der Waals surface area contributed by atoms with Crippen LogP contribution in [0.4, 0.5) is 0 Å². The minimum Gasteiger partial charge on any atom is -0.361 e. The molecule has 0 aliphatic carbocycles. The van der Waals surface area contributed by atoms with E-state index in [0.29, 0.717) is 6.54 Å². The lowest BCUT2D eigenvalue weighted by atomic mass is 10.4. The number of hydrogen-bond donors (Lipinski definition) is 4. The van der Waals surface area contributed by atoms with E-state index in [9.17, 15) is 9.59 Å². The van der Waals surface area contributed by atoms with E-state index in [1.165, 1.54) is 7.05 Å². The molecule has 72 valence electrons. The van der Waals surface area contributed by atoms with Gasteiger partial charge in [-0.15, -0.1) is 0 Å². The van der Waals surface area contributed by atoms with E-state index in [2.05, 4.69) is 11.1 Å². The van der Waals surface area contributed by atoms with Gasteiger partial charge in [0.05, 0.1) is 0 Å². The van der Waals surface area contributed by atoms with Gasteiger partial charge in [-0.2, -0.15) is 0 Å². The average Bonchev–Trinajstić information content (AvgIpc) is 2.04. The SMILES string of the molecule is CC(N)CN.CNC(=O)C(N)=O. The molecule has 0 bridgehead atoms. The molecule has 0 aromatic heterocycles. The standard InChI is InChI=1S/C3H6N2O2.C3H10N2/c1-5-3(7)2(4)6;1-3(5)2-4/h1H3,(H2,4,6)(H,5,7);3H,2,4-5H2,1H3. The van der Waals surface area contributed by atoms with Crippen molar-refractivity contribution < 1.29 is 9.59 Å². The smallest absolute Gasteiger partial charge is 0.308 e. The van der Waals surface area contributed by atoms with Gasteiger partial charge in [0.2, 0.25) is 0 Å². The van der Waals surface area contributed by atoms with Crippen molar-refractivity contribution >= 4 is 11.8 Å². The molecular formula is C6H16N4O2. The summed E-state index contributed by atoms with van der Waals surface area (Å²) in [6.07, 6.45) is 0. The first-order valence-corrected chi connectivity index (χ1v) is 3.42. The second-order valence-corrected chi connectivity index (χ2v) is 2.16. The molecule has 0 aliphatic rings. The first-order chi connectivity index (χ1) is 5.45. The zero-order valence-corrected chi connectivity index (χ0v) is 7.33. The Kier molecular flexibility index (Phi) is 8.92. The normalized spacial score (nSPS) is 10.7. The van der Waals surface area contributed by atoms with Gasteiger partial charge >= 0.3 is 11.8 Å². The molecule has 1 atom stereocenters. The van der Waals surface area contributed by atoms with Crippen LogP contribution in [0.25, 0.3) is 0 Å². The third-order valence-electron chi connectivity index (χ3n) is 0.823. The minimum absolute atomic E-state index is 0.162. The predicted molar refractivity (Wildman–Crippen MR) is 46.0 cm³/mol. The lowest BCUT2D eigenvalue weighted by molar-refractivity contribution is -0.136. The van der Waals surface area contributed by atoms with Crippen LogP contribution in [0.2, 0.25) is 0 Å². The second-order valence-electron chi connectivity index (χ2n) is 2.16. The van der Waals surface area contributed by atoms with Crippen molar-refractivity contribution in [1.82, 2.24) is 5.32 Å². The van der Waals surface area contributed by atoms with Crippen molar-refractivity contribution in [2.75, 3.05) is 13.6 Å². The minimum atomic E-state index is -0.956. The summed E-state index contributed by atoms with van der Waals surface area (Å²) in [6, 6.07) is 0.162. The maximum absolute atomic E-state index is 9.93. The van der Waals surface area contributed by atoms with Crippen molar-refractivity contribution in [3.8, 4) is 0 Å². The third-order valence-corrected chi connectivity index (χ3v) is 0.823. The van der Waals surface area contributed by atoms with Gasteiger partial charge in [0, 0.05) is 19.6 Å². The van der Waals surface area contributed by atoms with E-state index in [-0.39, 0.29) is 6.04 Å². The highest BCUT2D eigenvalue weighted by molar-refractivity contribution is 6.34. The number of carbonyl (C=O) groups is 2. The van der Waals surface area contributed by atoms with Gasteiger partial charge in [0.25, 0.3) is 0 Å². The van der Waals surface area contributed by atoms with Crippen LogP contribution in [0, 0.1) is 0 Å². The molecule has 0 aliphatic heterocycles. The van der Waals surface area contributed by atoms with Crippen molar-refractivity contribution in [3.63, 3.8) is 0 Å². The van der Waals surface area contributed by atoms with Crippen LogP contribution in [0.15, 0.2) is 0 Å². The molecule has 1 unspecified atom stereocenters. The molecule has 2 amide bonds. The van der Waals surface area contributed by atoms with E-state index in [0.717, 1.165) is 0 Å². The fourth-order valence-electron chi connectivity index (χ4n) is 0.123. The van der Waals surface area contributed by atoms with Crippen LogP contribution < -0.4 is 22.5 Å². The van der Waals surface area contributed by atoms with Crippen molar-refractivity contribution in [2.45, 2.75) is 13.0 Å². The van der Waals surface area contributed by atoms with Gasteiger partial charge in [0.15, 0.2) is 0 Å². The predicted octanol–water partition coefficient (Wildman–Crippen LogP) is -2.49. The molecule has 6 heteroatoms. The molecule has 0 aromatic rings. The van der Waals surface area contributed by atoms with E-state index < -0.39 is 11.8 Å². The van der Waals surface area contributed by atoms with Crippen LogP contribution in [0.5, 0.6) is 0 Å². The van der Waals surface area contributed by atoms with E-state index >= 15 is 0 Å². The quantitative estimate of drug-likeness (QED) is 0.330. The van der Waals surface area contributed by atoms with Gasteiger partial charge in [-0.05, 0) is 6.92 Å². The molecule has 0 saturated heterocycles. The maximum atomic E-state index is 9.93. The fourth-order valence-corrected chi connectivity index (χ4v) is 0.123. The number of likely N-dealkylation sites (N-methyl/N-ethyl adjacent to an activating group) is 1. The molecule has 0 saturated carbocycles. The summed E-state index contributed by atoms with van der Waals surface area (Å²) in [7, 11) is 1.34. The summed E-state index contributed by atoms with van der Waals surface area (Å²) in [5.74, 6) is -1.72. The van der Waals surface area contributed by atoms with Crippen molar-refractivity contribution in [3.05, 3.63) is 0 Å². The molecule has 0 heterocycles. The van der Waals surface area contributed by atoms with E-state index in [1.807, 2.05) is 6.92 Å². The zero-order chi connectivity index (χ0) is 10.1. The number of hydrogen-bond acceptors (Lipinski definition) is 4. The summed E-state index contributed by atoms with van der Waals surface area (Å²) < 4.78 is 0. The monoisotopic (exact) mass is 176 g/mol. The number of nitrogens with one attached hydrogen (secondary N) is 1. The van der Waals surface area contributed by atoms with Crippen LogP contribution >= 0.6 is 0 Å². The third kappa shape index (κ3) is 11.6. The Morgan fingerprint density at radius 3 is 1.83 bits per heavy atom. The molecule has 0 rings (SSSR count). The molecule has 0 spiro atoms. The molecule has 0 fully saturated rings. The summed E-state index contributed by atoms with van der Waals surface area (Å²) in [5, 5.41) is 2.05. The summed E-state index contributed by atoms with van der Waals surface area (Å²) >= 11 is 0. The van der Waals surface area contributed by atoms with Gasteiger partial charge in [-0.3, -0.25) is 9.59 Å². The lowest BCUT2D eigenvalue weighted by Crippen LogP contribution is -2.33. The van der Waals surface area contributed by atoms with Gasteiger partial charge in [-0.1, -0.05) is 0 Å². The number of primary amides is 1. The number of rotatable bonds is 1. The van der Waals surface area contributed by atoms with Crippen LogP contribution in [-0.4, -0.2) is 31.4 Å². The highest BCUT2D eigenvalue weighted by Crippen LogP contribution is 1.59. The van der Waals surface area contributed by atoms with Crippen molar-refractivity contribution in [2.24, 2.45) is 17.2 Å². The number of nitrogens with two attached hydrogens (primary N) is 3. The van der Waals surface area contributed by atoms with E-state index in [4.69, 9.17) is 11.5 Å². The molecule has 0 radical (unpaired) electrons. The highest BCUT2D eigenvalue weighted by Gasteiger charge is 2.01. The first kappa shape index (κ1) is 13.4. The largest absolute Gasteiger partial charge is 0.361 e. The Balaban J connectivity index is 0. The molecule has 6 nitrogen and oxygen atoms in total. The Hall–Kier alpha value is -1.14. The van der Waals surface area contributed by atoms with Gasteiger partial charge in [-0.25, -0.2) is 0 Å². The Morgan fingerprint density at radius 1 is 1.50 bits per heavy atom. The summed E-state index contributed by atoms with van der Waals surface area (Å²) in [5.41, 5.74) is 14.7. The molecule has 12 heavy (non-hydrogen) atoms. The van der Waals surface area contributed by atoms with Crippen molar-refractivity contribution in [1.29, 1.82) is 0 Å². The molecule has 0 aromatic carbocycles. The maximum Gasteiger partial charge on any atom is 0.308 e. The highest BCUT2D eigenvalue weighted by atomic mass is 16.2. The topological polar surface area (TPSA) is 124 Å². The van der Waals surface area contributed by atoms with Crippen LogP contribution in [0.1, 0.15) is 6.92 Å².